The summed E-state index contributed by atoms with van der Waals surface area (Å²) in [6.45, 7) is 0. The van der Waals surface area contributed by atoms with Gasteiger partial charge in [-0.2, -0.15) is 0 Å². The normalized spacial score (nSPS) is 10.5. The van der Waals surface area contributed by atoms with E-state index in [1.165, 1.54) is 11.1 Å². The van der Waals surface area contributed by atoms with Gasteiger partial charge in [0, 0.05) is 11.1 Å². The van der Waals surface area contributed by atoms with Crippen molar-refractivity contribution in [2.75, 3.05) is 12.4 Å². The molecule has 0 fully saturated rings. The van der Waals surface area contributed by atoms with Crippen LogP contribution in [-0.2, 0) is 12.8 Å². The third kappa shape index (κ3) is 5.76. The first kappa shape index (κ1) is 19.8. The fourth-order valence-electron chi connectivity index (χ4n) is 3.09. The van der Waals surface area contributed by atoms with Crippen LogP contribution in [0.15, 0.2) is 78.9 Å². The van der Waals surface area contributed by atoms with Crippen LogP contribution in [0, 0.1) is 0 Å². The number of nitrogens with one attached hydrogen (secondary N) is 2. The van der Waals surface area contributed by atoms with Crippen molar-refractivity contribution < 1.29 is 9.53 Å². The zero-order valence-corrected chi connectivity index (χ0v) is 16.4. The number of carbonyl (C=O) groups is 1. The first-order valence-corrected chi connectivity index (χ1v) is 9.51. The summed E-state index contributed by atoms with van der Waals surface area (Å²) in [7, 11) is 1.56. The lowest BCUT2D eigenvalue weighted by molar-refractivity contribution is 0.248. The average molecular weight is 395 g/mol. The van der Waals surface area contributed by atoms with Crippen molar-refractivity contribution in [3.05, 3.63) is 95.0 Å². The fourth-order valence-corrected chi connectivity index (χ4v) is 3.27. The summed E-state index contributed by atoms with van der Waals surface area (Å²) < 4.78 is 5.30. The Labute approximate surface area is 170 Å². The molecule has 28 heavy (non-hydrogen) atoms. The molecular weight excluding hydrogens is 372 g/mol. The van der Waals surface area contributed by atoms with Crippen LogP contribution >= 0.6 is 11.6 Å². The maximum Gasteiger partial charge on any atom is 0.319 e. The zero-order valence-electron chi connectivity index (χ0n) is 15.7. The van der Waals surface area contributed by atoms with Gasteiger partial charge in [0.25, 0.3) is 0 Å². The highest BCUT2D eigenvalue weighted by Gasteiger charge is 2.15. The summed E-state index contributed by atoms with van der Waals surface area (Å²) >= 11 is 6.05. The van der Waals surface area contributed by atoms with E-state index in [4.69, 9.17) is 16.3 Å². The first-order valence-electron chi connectivity index (χ1n) is 9.13. The van der Waals surface area contributed by atoms with Gasteiger partial charge in [-0.05, 0) is 42.2 Å². The maximum atomic E-state index is 12.7. The van der Waals surface area contributed by atoms with Crippen molar-refractivity contribution in [3.63, 3.8) is 0 Å². The van der Waals surface area contributed by atoms with Crippen molar-refractivity contribution in [2.24, 2.45) is 0 Å². The van der Waals surface area contributed by atoms with Crippen molar-refractivity contribution >= 4 is 23.3 Å². The van der Waals surface area contributed by atoms with Crippen LogP contribution in [0.4, 0.5) is 10.5 Å². The number of rotatable bonds is 7. The number of amides is 2. The predicted molar refractivity (Wildman–Crippen MR) is 114 cm³/mol. The van der Waals surface area contributed by atoms with E-state index in [0.29, 0.717) is 16.5 Å². The van der Waals surface area contributed by atoms with Crippen LogP contribution in [0.25, 0.3) is 0 Å². The number of urea groups is 1. The molecule has 0 heterocycles. The largest absolute Gasteiger partial charge is 0.495 e. The molecule has 0 aliphatic rings. The Hall–Kier alpha value is -2.98. The molecule has 0 unspecified atom stereocenters. The standard InChI is InChI=1S/C23H23ClN2O2/c1-28-22-13-12-19(24)16-21(22)26-23(27)25-20(14-17-8-4-2-5-9-17)15-18-10-6-3-7-11-18/h2-13,16,20H,14-15H2,1H3,(H2,25,26,27). The van der Waals surface area contributed by atoms with Crippen LogP contribution in [0.1, 0.15) is 11.1 Å². The molecule has 0 saturated heterocycles. The third-order valence-electron chi connectivity index (χ3n) is 4.39. The second kappa shape index (κ2) is 9.81. The summed E-state index contributed by atoms with van der Waals surface area (Å²) in [6.07, 6.45) is 1.46. The average Bonchev–Trinajstić information content (AvgIpc) is 2.69. The molecule has 0 atom stereocenters. The van der Waals surface area contributed by atoms with Crippen LogP contribution in [0.3, 0.4) is 0 Å². The summed E-state index contributed by atoms with van der Waals surface area (Å²) in [5, 5.41) is 6.46. The number of carbonyl (C=O) groups excluding carboxylic acids is 1. The van der Waals surface area contributed by atoms with Gasteiger partial charge in [-0.1, -0.05) is 72.3 Å². The molecular formula is C23H23ClN2O2. The maximum absolute atomic E-state index is 12.7. The lowest BCUT2D eigenvalue weighted by Gasteiger charge is -2.20. The second-order valence-electron chi connectivity index (χ2n) is 6.52. The van der Waals surface area contributed by atoms with Gasteiger partial charge in [0.1, 0.15) is 5.75 Å². The zero-order chi connectivity index (χ0) is 19.8. The highest BCUT2D eigenvalue weighted by molar-refractivity contribution is 6.31. The number of hydrogen-bond acceptors (Lipinski definition) is 2. The van der Waals surface area contributed by atoms with Gasteiger partial charge in [0.2, 0.25) is 0 Å². The van der Waals surface area contributed by atoms with Gasteiger partial charge in [0.15, 0.2) is 0 Å². The van der Waals surface area contributed by atoms with E-state index in [1.54, 1.807) is 25.3 Å². The van der Waals surface area contributed by atoms with Gasteiger partial charge in [-0.15, -0.1) is 0 Å². The van der Waals surface area contributed by atoms with Gasteiger partial charge in [-0.3, -0.25) is 0 Å². The summed E-state index contributed by atoms with van der Waals surface area (Å²) in [5.74, 6) is 0.558. The molecule has 0 aliphatic heterocycles. The molecule has 5 heteroatoms. The molecule has 0 saturated carbocycles. The van der Waals surface area contributed by atoms with Gasteiger partial charge in [0.05, 0.1) is 12.8 Å². The van der Waals surface area contributed by atoms with Crippen molar-refractivity contribution in [3.8, 4) is 5.75 Å². The number of benzene rings is 3. The number of ether oxygens (including phenoxy) is 1. The van der Waals surface area contributed by atoms with E-state index < -0.39 is 0 Å². The summed E-state index contributed by atoms with van der Waals surface area (Å²) in [6, 6.07) is 25.0. The van der Waals surface area contributed by atoms with Crippen molar-refractivity contribution in [1.29, 1.82) is 0 Å². The summed E-state index contributed by atoms with van der Waals surface area (Å²) in [4.78, 5) is 12.7. The molecule has 0 bridgehead atoms. The van der Waals surface area contributed by atoms with E-state index in [-0.39, 0.29) is 12.1 Å². The Bertz CT molecular complexity index is 859. The Balaban J connectivity index is 1.72. The van der Waals surface area contributed by atoms with Crippen molar-refractivity contribution in [2.45, 2.75) is 18.9 Å². The number of anilines is 1. The molecule has 3 rings (SSSR count). The monoisotopic (exact) mass is 394 g/mol. The van der Waals surface area contributed by atoms with Crippen LogP contribution in [0.5, 0.6) is 5.75 Å². The molecule has 4 nitrogen and oxygen atoms in total. The van der Waals surface area contributed by atoms with Crippen LogP contribution in [-0.4, -0.2) is 19.2 Å². The highest BCUT2D eigenvalue weighted by Crippen LogP contribution is 2.27. The fraction of sp³-hybridized carbons (Fsp3) is 0.174. The van der Waals surface area contributed by atoms with Crippen LogP contribution < -0.4 is 15.4 Å². The number of hydrogen-bond donors (Lipinski definition) is 2. The highest BCUT2D eigenvalue weighted by atomic mass is 35.5. The molecule has 2 amide bonds. The SMILES string of the molecule is COc1ccc(Cl)cc1NC(=O)NC(Cc1ccccc1)Cc1ccccc1. The minimum absolute atomic E-state index is 0.0602. The first-order chi connectivity index (χ1) is 13.6. The second-order valence-corrected chi connectivity index (χ2v) is 6.96. The minimum Gasteiger partial charge on any atom is -0.495 e. The predicted octanol–water partition coefficient (Wildman–Crippen LogP) is 5.32. The number of halogens is 1. The Morgan fingerprint density at radius 1 is 0.929 bits per heavy atom. The molecule has 0 spiro atoms. The third-order valence-corrected chi connectivity index (χ3v) is 4.63. The topological polar surface area (TPSA) is 50.4 Å². The van der Waals surface area contributed by atoms with E-state index in [9.17, 15) is 4.79 Å². The summed E-state index contributed by atoms with van der Waals surface area (Å²) in [5.41, 5.74) is 2.87. The molecule has 0 aromatic heterocycles. The lowest BCUT2D eigenvalue weighted by atomic mass is 9.99. The van der Waals surface area contributed by atoms with Gasteiger partial charge >= 0.3 is 6.03 Å². The van der Waals surface area contributed by atoms with Crippen molar-refractivity contribution in [1.82, 2.24) is 5.32 Å². The quantitative estimate of drug-likeness (QED) is 0.569. The molecule has 0 radical (unpaired) electrons. The Morgan fingerprint density at radius 3 is 2.04 bits per heavy atom. The van der Waals surface area contributed by atoms with Gasteiger partial charge in [-0.25, -0.2) is 4.79 Å². The van der Waals surface area contributed by atoms with E-state index >= 15 is 0 Å². The minimum atomic E-state index is -0.294. The van der Waals surface area contributed by atoms with E-state index in [1.807, 2.05) is 36.4 Å². The lowest BCUT2D eigenvalue weighted by Crippen LogP contribution is -2.40. The Kier molecular flexibility index (Phi) is 6.93. The molecule has 3 aromatic rings. The number of methoxy groups -OCH3 is 1. The van der Waals surface area contributed by atoms with E-state index in [2.05, 4.69) is 34.9 Å². The molecule has 144 valence electrons. The molecule has 3 aromatic carbocycles. The smallest absolute Gasteiger partial charge is 0.319 e. The molecule has 2 N–H and O–H groups in total. The Morgan fingerprint density at radius 2 is 1.50 bits per heavy atom. The van der Waals surface area contributed by atoms with Crippen LogP contribution in [0.2, 0.25) is 5.02 Å². The van der Waals surface area contributed by atoms with E-state index in [0.717, 1.165) is 12.8 Å². The van der Waals surface area contributed by atoms with Gasteiger partial charge < -0.3 is 15.4 Å². The molecule has 0 aliphatic carbocycles.